The first-order valence-corrected chi connectivity index (χ1v) is 9.02. The third-order valence-corrected chi connectivity index (χ3v) is 4.84. The van der Waals surface area contributed by atoms with Crippen LogP contribution in [-0.4, -0.2) is 57.3 Å². The average Bonchev–Trinajstić information content (AvgIpc) is 3.09. The monoisotopic (exact) mass is 452 g/mol. The Balaban J connectivity index is 0.00000264. The topological polar surface area (TPSA) is 48.9 Å². The molecule has 1 unspecified atom stereocenters. The second-order valence-electron chi connectivity index (χ2n) is 5.41. The average molecular weight is 452 g/mol. The fourth-order valence-electron chi connectivity index (χ4n) is 2.58. The minimum absolute atomic E-state index is 0. The predicted octanol–water partition coefficient (Wildman–Crippen LogP) is 2.70. The van der Waals surface area contributed by atoms with Gasteiger partial charge in [-0.3, -0.25) is 9.89 Å². The van der Waals surface area contributed by atoms with Crippen molar-refractivity contribution in [2.45, 2.75) is 25.8 Å². The van der Waals surface area contributed by atoms with E-state index in [1.165, 1.54) is 17.7 Å². The molecule has 1 aliphatic heterocycles. The van der Waals surface area contributed by atoms with Crippen LogP contribution >= 0.6 is 35.3 Å². The third-order valence-electron chi connectivity index (χ3n) is 3.87. The quantitative estimate of drug-likeness (QED) is 0.289. The Bertz CT molecular complexity index is 435. The molecule has 5 nitrogen and oxygen atoms in total. The standard InChI is InChI=1S/C16H28N4OS.HI/c1-3-4-7-18-16(17-2)19-13-14(15-6-5-12-22-15)20-8-10-21-11-9-20;/h5-6,12,14H,3-4,7-11,13H2,1-2H3,(H2,17,18,19);1H. The van der Waals surface area contributed by atoms with Crippen molar-refractivity contribution in [2.75, 3.05) is 46.4 Å². The molecule has 7 heteroatoms. The molecule has 1 aliphatic rings. The number of aliphatic imine (C=N–C) groups is 1. The molecule has 1 aromatic rings. The number of thiophene rings is 1. The van der Waals surface area contributed by atoms with Crippen molar-refractivity contribution in [2.24, 2.45) is 4.99 Å². The van der Waals surface area contributed by atoms with E-state index in [9.17, 15) is 0 Å². The highest BCUT2D eigenvalue weighted by molar-refractivity contribution is 14.0. The van der Waals surface area contributed by atoms with Crippen molar-refractivity contribution < 1.29 is 4.74 Å². The summed E-state index contributed by atoms with van der Waals surface area (Å²) in [6.07, 6.45) is 2.36. The van der Waals surface area contributed by atoms with Crippen LogP contribution in [0, 0.1) is 0 Å². The number of rotatable bonds is 7. The normalized spacial score (nSPS) is 17.4. The highest BCUT2D eigenvalue weighted by atomic mass is 127. The van der Waals surface area contributed by atoms with Crippen LogP contribution in [0.15, 0.2) is 22.5 Å². The summed E-state index contributed by atoms with van der Waals surface area (Å²) in [4.78, 5) is 8.22. The largest absolute Gasteiger partial charge is 0.379 e. The molecule has 0 radical (unpaired) electrons. The fraction of sp³-hybridized carbons (Fsp3) is 0.688. The molecular weight excluding hydrogens is 423 g/mol. The highest BCUT2D eigenvalue weighted by Crippen LogP contribution is 2.25. The molecule has 0 aliphatic carbocycles. The summed E-state index contributed by atoms with van der Waals surface area (Å²) in [5, 5.41) is 9.00. The maximum absolute atomic E-state index is 5.48. The van der Waals surface area contributed by atoms with Gasteiger partial charge in [-0.05, 0) is 17.9 Å². The Hall–Kier alpha value is -0.380. The van der Waals surface area contributed by atoms with E-state index in [4.69, 9.17) is 4.74 Å². The van der Waals surface area contributed by atoms with E-state index in [1.807, 2.05) is 18.4 Å². The zero-order valence-electron chi connectivity index (χ0n) is 14.1. The van der Waals surface area contributed by atoms with Crippen LogP contribution in [0.5, 0.6) is 0 Å². The van der Waals surface area contributed by atoms with Gasteiger partial charge in [0.15, 0.2) is 5.96 Å². The van der Waals surface area contributed by atoms with Gasteiger partial charge in [0.1, 0.15) is 0 Å². The lowest BCUT2D eigenvalue weighted by atomic mass is 10.2. The van der Waals surface area contributed by atoms with Crippen molar-refractivity contribution in [1.82, 2.24) is 15.5 Å². The fourth-order valence-corrected chi connectivity index (χ4v) is 3.44. The second-order valence-corrected chi connectivity index (χ2v) is 6.39. The van der Waals surface area contributed by atoms with Gasteiger partial charge in [-0.1, -0.05) is 19.4 Å². The smallest absolute Gasteiger partial charge is 0.191 e. The molecule has 1 aromatic heterocycles. The van der Waals surface area contributed by atoms with Crippen LogP contribution in [0.3, 0.4) is 0 Å². The Kier molecular flexibility index (Phi) is 10.8. The van der Waals surface area contributed by atoms with Gasteiger partial charge in [0.2, 0.25) is 0 Å². The van der Waals surface area contributed by atoms with Crippen LogP contribution in [0.25, 0.3) is 0 Å². The third kappa shape index (κ3) is 6.94. The lowest BCUT2D eigenvalue weighted by Crippen LogP contribution is -2.46. The van der Waals surface area contributed by atoms with Crippen molar-refractivity contribution in [3.8, 4) is 0 Å². The maximum Gasteiger partial charge on any atom is 0.191 e. The summed E-state index contributed by atoms with van der Waals surface area (Å²) in [5.74, 6) is 0.892. The Morgan fingerprint density at radius 2 is 2.17 bits per heavy atom. The lowest BCUT2D eigenvalue weighted by molar-refractivity contribution is 0.0177. The molecule has 0 amide bonds. The molecule has 1 fully saturated rings. The molecule has 2 rings (SSSR count). The first-order valence-electron chi connectivity index (χ1n) is 8.15. The molecule has 132 valence electrons. The number of ether oxygens (including phenoxy) is 1. The second kappa shape index (κ2) is 12.0. The number of hydrogen-bond donors (Lipinski definition) is 2. The first kappa shape index (κ1) is 20.7. The van der Waals surface area contributed by atoms with Gasteiger partial charge < -0.3 is 15.4 Å². The Morgan fingerprint density at radius 1 is 1.39 bits per heavy atom. The number of hydrogen-bond acceptors (Lipinski definition) is 4. The van der Waals surface area contributed by atoms with Crippen LogP contribution in [-0.2, 0) is 4.74 Å². The Labute approximate surface area is 160 Å². The summed E-state index contributed by atoms with van der Waals surface area (Å²) in [6, 6.07) is 4.73. The van der Waals surface area contributed by atoms with Gasteiger partial charge in [-0.25, -0.2) is 0 Å². The predicted molar refractivity (Wildman–Crippen MR) is 109 cm³/mol. The van der Waals surface area contributed by atoms with E-state index in [1.54, 1.807) is 0 Å². The molecule has 2 N–H and O–H groups in total. The molecule has 0 aromatic carbocycles. The van der Waals surface area contributed by atoms with Crippen LogP contribution < -0.4 is 10.6 Å². The van der Waals surface area contributed by atoms with Crippen LogP contribution in [0.4, 0.5) is 0 Å². The molecule has 2 heterocycles. The molecule has 0 bridgehead atoms. The summed E-state index contributed by atoms with van der Waals surface area (Å²) < 4.78 is 5.48. The van der Waals surface area contributed by atoms with E-state index in [0.717, 1.165) is 45.4 Å². The Morgan fingerprint density at radius 3 is 2.78 bits per heavy atom. The van der Waals surface area contributed by atoms with Gasteiger partial charge in [0.05, 0.1) is 19.3 Å². The van der Waals surface area contributed by atoms with Gasteiger partial charge in [-0.2, -0.15) is 0 Å². The first-order chi connectivity index (χ1) is 10.8. The number of morpholine rings is 1. The van der Waals surface area contributed by atoms with Gasteiger partial charge in [-0.15, -0.1) is 35.3 Å². The zero-order valence-corrected chi connectivity index (χ0v) is 17.2. The number of nitrogens with one attached hydrogen (secondary N) is 2. The van der Waals surface area contributed by atoms with Crippen LogP contribution in [0.1, 0.15) is 30.7 Å². The van der Waals surface area contributed by atoms with Crippen molar-refractivity contribution in [3.05, 3.63) is 22.4 Å². The number of nitrogens with zero attached hydrogens (tertiary/aromatic N) is 2. The minimum atomic E-state index is 0. The van der Waals surface area contributed by atoms with E-state index < -0.39 is 0 Å². The number of guanidine groups is 1. The molecule has 0 spiro atoms. The van der Waals surface area contributed by atoms with E-state index in [2.05, 4.69) is 45.0 Å². The minimum Gasteiger partial charge on any atom is -0.379 e. The molecular formula is C16H29IN4OS. The van der Waals surface area contributed by atoms with Crippen LogP contribution in [0.2, 0.25) is 0 Å². The molecule has 1 atom stereocenters. The SMILES string of the molecule is CCCCNC(=NC)NCC(c1cccs1)N1CCOCC1.I. The van der Waals surface area contributed by atoms with Gasteiger partial charge in [0.25, 0.3) is 0 Å². The zero-order chi connectivity index (χ0) is 15.6. The van der Waals surface area contributed by atoms with E-state index >= 15 is 0 Å². The van der Waals surface area contributed by atoms with E-state index in [0.29, 0.717) is 6.04 Å². The molecule has 23 heavy (non-hydrogen) atoms. The molecule has 1 saturated heterocycles. The summed E-state index contributed by atoms with van der Waals surface area (Å²) in [6.45, 7) is 7.67. The molecule has 0 saturated carbocycles. The lowest BCUT2D eigenvalue weighted by Gasteiger charge is -2.34. The number of unbranched alkanes of at least 4 members (excludes halogenated alkanes) is 1. The maximum atomic E-state index is 5.48. The van der Waals surface area contributed by atoms with Crippen molar-refractivity contribution in [1.29, 1.82) is 0 Å². The highest BCUT2D eigenvalue weighted by Gasteiger charge is 2.23. The van der Waals surface area contributed by atoms with E-state index in [-0.39, 0.29) is 24.0 Å². The van der Waals surface area contributed by atoms with Crippen molar-refractivity contribution >= 4 is 41.3 Å². The summed E-state index contributed by atoms with van der Waals surface area (Å²) in [5.41, 5.74) is 0. The number of halogens is 1. The van der Waals surface area contributed by atoms with Gasteiger partial charge >= 0.3 is 0 Å². The van der Waals surface area contributed by atoms with Gasteiger partial charge in [0, 0.05) is 38.1 Å². The van der Waals surface area contributed by atoms with Crippen molar-refractivity contribution in [3.63, 3.8) is 0 Å². The summed E-state index contributed by atoms with van der Waals surface area (Å²) in [7, 11) is 1.83. The summed E-state index contributed by atoms with van der Waals surface area (Å²) >= 11 is 1.82.